The molecule has 1 aromatic carbocycles. The topological polar surface area (TPSA) is 53.5 Å². The summed E-state index contributed by atoms with van der Waals surface area (Å²) in [5.41, 5.74) is 9.94. The summed E-state index contributed by atoms with van der Waals surface area (Å²) in [7, 11) is 0. The molecule has 0 radical (unpaired) electrons. The molecule has 0 aliphatic heterocycles. The Morgan fingerprint density at radius 2 is 2.07 bits per heavy atom. The molecule has 0 spiro atoms. The second-order valence-corrected chi connectivity index (χ2v) is 3.06. The Kier molecular flexibility index (Phi) is 3.77. The molecule has 0 N–H and O–H groups in total. The predicted octanol–water partition coefficient (Wildman–Crippen LogP) is 2.12. The summed E-state index contributed by atoms with van der Waals surface area (Å²) in [5.74, 6) is -0.282. The van der Waals surface area contributed by atoms with Gasteiger partial charge in [0.1, 0.15) is 0 Å². The Balaban J connectivity index is 2.82. The summed E-state index contributed by atoms with van der Waals surface area (Å²) < 4.78 is 0. The van der Waals surface area contributed by atoms with Crippen LogP contribution in [0, 0.1) is 0 Å². The highest BCUT2D eigenvalue weighted by Gasteiger charge is 2.05. The van der Waals surface area contributed by atoms with Crippen LogP contribution in [0.4, 0.5) is 0 Å². The Bertz CT molecular complexity index is 361. The van der Waals surface area contributed by atoms with Crippen LogP contribution in [0.3, 0.4) is 0 Å². The lowest BCUT2D eigenvalue weighted by Gasteiger charge is -1.98. The average molecular weight is 188 g/mol. The zero-order valence-corrected chi connectivity index (χ0v) is 8.10. The van der Waals surface area contributed by atoms with Gasteiger partial charge in [-0.1, -0.05) is 37.6 Å². The van der Waals surface area contributed by atoms with Crippen LogP contribution in [0.5, 0.6) is 0 Å². The molecule has 3 heteroatoms. The fourth-order valence-electron chi connectivity index (χ4n) is 1.25. The molecule has 0 fully saturated rings. The van der Waals surface area contributed by atoms with Crippen LogP contribution in [0.2, 0.25) is 0 Å². The van der Waals surface area contributed by atoms with Gasteiger partial charge < -0.3 is 5.53 Å². The lowest BCUT2D eigenvalue weighted by atomic mass is 10.1. The maximum absolute atomic E-state index is 11.2. The monoisotopic (exact) mass is 188 g/mol. The highest BCUT2D eigenvalue weighted by molar-refractivity contribution is 6.33. The maximum atomic E-state index is 11.2. The van der Waals surface area contributed by atoms with Gasteiger partial charge in [-0.2, -0.15) is 4.79 Å². The molecule has 0 aliphatic rings. The Morgan fingerprint density at radius 1 is 1.43 bits per heavy atom. The van der Waals surface area contributed by atoms with Gasteiger partial charge in [-0.15, -0.1) is 0 Å². The van der Waals surface area contributed by atoms with Gasteiger partial charge in [-0.25, -0.2) is 0 Å². The van der Waals surface area contributed by atoms with E-state index in [-0.39, 0.29) is 5.78 Å². The second kappa shape index (κ2) is 5.10. The number of aryl methyl sites for hydroxylation is 1. The first-order valence-electron chi connectivity index (χ1n) is 4.58. The van der Waals surface area contributed by atoms with Crippen molar-refractivity contribution >= 4 is 12.0 Å². The lowest BCUT2D eigenvalue weighted by Crippen LogP contribution is -2.00. The van der Waals surface area contributed by atoms with Crippen molar-refractivity contribution in [2.24, 2.45) is 0 Å². The molecule has 1 aromatic rings. The first-order chi connectivity index (χ1) is 6.77. The number of carbonyl (C=O) groups excluding carboxylic acids is 1. The van der Waals surface area contributed by atoms with E-state index in [9.17, 15) is 4.79 Å². The standard InChI is InChI=1S/C11H12N2O/c1-2-3-9-4-6-10(7-5-9)11(14)8-13-12/h4-8H,2-3H2,1H3. The highest BCUT2D eigenvalue weighted by Crippen LogP contribution is 2.06. The Morgan fingerprint density at radius 3 is 2.57 bits per heavy atom. The molecule has 0 saturated heterocycles. The average Bonchev–Trinajstić information content (AvgIpc) is 2.20. The van der Waals surface area contributed by atoms with E-state index in [4.69, 9.17) is 5.53 Å². The number of hydrogen-bond donors (Lipinski definition) is 0. The SMILES string of the molecule is CCCc1ccc(C(=O)C=[N+]=[N-])cc1. The molecular formula is C11H12N2O. The van der Waals surface area contributed by atoms with Crippen molar-refractivity contribution in [1.82, 2.24) is 0 Å². The smallest absolute Gasteiger partial charge is 0.328 e. The minimum atomic E-state index is -0.282. The van der Waals surface area contributed by atoms with Gasteiger partial charge in [0.25, 0.3) is 5.78 Å². The van der Waals surface area contributed by atoms with Gasteiger partial charge >= 0.3 is 6.21 Å². The summed E-state index contributed by atoms with van der Waals surface area (Å²) in [5, 5.41) is 0. The summed E-state index contributed by atoms with van der Waals surface area (Å²) in [4.78, 5) is 13.9. The summed E-state index contributed by atoms with van der Waals surface area (Å²) >= 11 is 0. The second-order valence-electron chi connectivity index (χ2n) is 3.06. The van der Waals surface area contributed by atoms with E-state index < -0.39 is 0 Å². The number of rotatable bonds is 4. The van der Waals surface area contributed by atoms with Gasteiger partial charge in [0.05, 0.1) is 0 Å². The fourth-order valence-corrected chi connectivity index (χ4v) is 1.25. The Labute approximate surface area is 83.0 Å². The van der Waals surface area contributed by atoms with E-state index in [1.807, 2.05) is 12.1 Å². The number of hydrogen-bond acceptors (Lipinski definition) is 1. The van der Waals surface area contributed by atoms with E-state index in [2.05, 4.69) is 11.7 Å². The number of carbonyl (C=O) groups is 1. The van der Waals surface area contributed by atoms with Gasteiger partial charge in [-0.05, 0) is 12.0 Å². The van der Waals surface area contributed by atoms with E-state index >= 15 is 0 Å². The number of ketones is 1. The van der Waals surface area contributed by atoms with Gasteiger partial charge in [0, 0.05) is 5.56 Å². The molecular weight excluding hydrogens is 176 g/mol. The van der Waals surface area contributed by atoms with Crippen molar-refractivity contribution < 1.29 is 9.58 Å². The third kappa shape index (κ3) is 2.64. The minimum Gasteiger partial charge on any atom is -0.361 e. The normalized spacial score (nSPS) is 9.21. The molecule has 0 aliphatic carbocycles. The van der Waals surface area contributed by atoms with E-state index in [0.717, 1.165) is 19.1 Å². The van der Waals surface area contributed by atoms with Crippen LogP contribution in [0.15, 0.2) is 24.3 Å². The van der Waals surface area contributed by atoms with Crippen molar-refractivity contribution in [1.29, 1.82) is 0 Å². The fraction of sp³-hybridized carbons (Fsp3) is 0.273. The molecule has 0 bridgehead atoms. The zero-order chi connectivity index (χ0) is 10.4. The quantitative estimate of drug-likeness (QED) is 0.309. The van der Waals surface area contributed by atoms with Gasteiger partial charge in [-0.3, -0.25) is 4.79 Å². The molecule has 0 atom stereocenters. The maximum Gasteiger partial charge on any atom is 0.328 e. The molecule has 14 heavy (non-hydrogen) atoms. The minimum absolute atomic E-state index is 0.282. The molecule has 3 nitrogen and oxygen atoms in total. The van der Waals surface area contributed by atoms with Crippen LogP contribution in [-0.2, 0) is 6.42 Å². The number of Topliss-reactive ketones (excluding diaryl/α,β-unsaturated/α-hetero) is 1. The predicted molar refractivity (Wildman–Crippen MR) is 54.5 cm³/mol. The van der Waals surface area contributed by atoms with Crippen molar-refractivity contribution in [3.8, 4) is 0 Å². The zero-order valence-electron chi connectivity index (χ0n) is 8.10. The van der Waals surface area contributed by atoms with Crippen molar-refractivity contribution in [3.05, 3.63) is 40.9 Å². The van der Waals surface area contributed by atoms with Crippen molar-refractivity contribution in [3.63, 3.8) is 0 Å². The van der Waals surface area contributed by atoms with E-state index in [1.165, 1.54) is 5.56 Å². The highest BCUT2D eigenvalue weighted by atomic mass is 16.1. The molecule has 0 saturated carbocycles. The van der Waals surface area contributed by atoms with E-state index in [0.29, 0.717) is 5.56 Å². The van der Waals surface area contributed by atoms with Gasteiger partial charge in [0.15, 0.2) is 0 Å². The third-order valence-corrected chi connectivity index (χ3v) is 1.95. The van der Waals surface area contributed by atoms with Gasteiger partial charge in [0.2, 0.25) is 0 Å². The molecule has 1 rings (SSSR count). The summed E-state index contributed by atoms with van der Waals surface area (Å²) in [6.45, 7) is 2.11. The first-order valence-corrected chi connectivity index (χ1v) is 4.58. The van der Waals surface area contributed by atoms with Crippen LogP contribution in [0.1, 0.15) is 29.3 Å². The molecule has 0 unspecified atom stereocenters. The van der Waals surface area contributed by atoms with Crippen LogP contribution in [0.25, 0.3) is 5.53 Å². The third-order valence-electron chi connectivity index (χ3n) is 1.95. The molecule has 0 amide bonds. The van der Waals surface area contributed by atoms with Crippen molar-refractivity contribution in [2.45, 2.75) is 19.8 Å². The summed E-state index contributed by atoms with van der Waals surface area (Å²) in [6, 6.07) is 7.33. The molecule has 0 aromatic heterocycles. The first kappa shape index (κ1) is 10.4. The number of nitrogens with zero attached hydrogens (tertiary/aromatic N) is 2. The summed E-state index contributed by atoms with van der Waals surface area (Å²) in [6.07, 6.45) is 3.00. The van der Waals surface area contributed by atoms with E-state index in [1.54, 1.807) is 12.1 Å². The van der Waals surface area contributed by atoms with Crippen molar-refractivity contribution in [2.75, 3.05) is 0 Å². The molecule has 72 valence electrons. The Hall–Kier alpha value is -1.73. The molecule has 0 heterocycles. The lowest BCUT2D eigenvalue weighted by molar-refractivity contribution is 0.00235. The van der Waals surface area contributed by atoms with Crippen LogP contribution >= 0.6 is 0 Å². The van der Waals surface area contributed by atoms with Crippen LogP contribution < -0.4 is 0 Å². The van der Waals surface area contributed by atoms with Crippen LogP contribution in [-0.4, -0.2) is 16.8 Å². The largest absolute Gasteiger partial charge is 0.361 e. The number of benzene rings is 1.